The second-order valence-corrected chi connectivity index (χ2v) is 6.35. The van der Waals surface area contributed by atoms with Crippen molar-refractivity contribution in [2.24, 2.45) is 0 Å². The highest BCUT2D eigenvalue weighted by molar-refractivity contribution is 7.80. The monoisotopic (exact) mass is 377 g/mol. The first-order valence-corrected chi connectivity index (χ1v) is 8.00. The fourth-order valence-corrected chi connectivity index (χ4v) is 3.19. The molecule has 126 valence electrons. The van der Waals surface area contributed by atoms with Gasteiger partial charge in [-0.05, 0) is 48.6 Å². The largest absolute Gasteiger partial charge is 0.324 e. The van der Waals surface area contributed by atoms with Crippen LogP contribution in [0.2, 0.25) is 0 Å². The van der Waals surface area contributed by atoms with Gasteiger partial charge in [0.2, 0.25) is 0 Å². The lowest BCUT2D eigenvalue weighted by Gasteiger charge is -2.28. The molecular weight excluding hydrogens is 369 g/mol. The summed E-state index contributed by atoms with van der Waals surface area (Å²) >= 11 is 5.85. The third-order valence-electron chi connectivity index (χ3n) is 3.27. The summed E-state index contributed by atoms with van der Waals surface area (Å²) in [5.74, 6) is -1.88. The third-order valence-corrected chi connectivity index (χ3v) is 4.53. The summed E-state index contributed by atoms with van der Waals surface area (Å²) in [6, 6.07) is 7.74. The number of nitro groups is 1. The summed E-state index contributed by atoms with van der Waals surface area (Å²) in [5.41, 5.74) is 0.0640. The van der Waals surface area contributed by atoms with Crippen LogP contribution in [-0.4, -0.2) is 21.9 Å². The predicted octanol–water partition coefficient (Wildman–Crippen LogP) is 2.63. The van der Waals surface area contributed by atoms with E-state index in [2.05, 4.69) is 5.32 Å². The number of hydrogen-bond donors (Lipinski definition) is 1. The number of thiophene rings is 1. The van der Waals surface area contributed by atoms with Crippen molar-refractivity contribution in [1.29, 1.82) is 0 Å². The van der Waals surface area contributed by atoms with Crippen LogP contribution in [0, 0.1) is 15.9 Å². The van der Waals surface area contributed by atoms with Crippen LogP contribution in [0.3, 0.4) is 0 Å². The Balaban J connectivity index is 1.98. The molecule has 2 heterocycles. The van der Waals surface area contributed by atoms with Crippen LogP contribution >= 0.6 is 23.6 Å². The molecule has 7 nitrogen and oxygen atoms in total. The zero-order valence-electron chi connectivity index (χ0n) is 12.3. The van der Waals surface area contributed by atoms with Crippen molar-refractivity contribution in [2.45, 2.75) is 0 Å². The molecule has 1 aromatic carbocycles. The van der Waals surface area contributed by atoms with E-state index in [4.69, 9.17) is 12.2 Å². The Morgan fingerprint density at radius 1 is 1.20 bits per heavy atom. The van der Waals surface area contributed by atoms with Gasteiger partial charge in [-0.15, -0.1) is 0 Å². The standard InChI is InChI=1S/C15H8FN3O4S2/c16-8-1-3-9(4-2-8)18-14(21)11(13(20)17-15(18)24)7-10-5-6-12(25-10)19(22)23/h1-7H,(H,17,20,24)/b11-7+. The number of halogens is 1. The Labute approximate surface area is 149 Å². The summed E-state index contributed by atoms with van der Waals surface area (Å²) in [7, 11) is 0. The molecule has 0 spiro atoms. The molecule has 1 N–H and O–H groups in total. The number of carbonyl (C=O) groups is 2. The molecule has 10 heteroatoms. The molecule has 1 aliphatic rings. The van der Waals surface area contributed by atoms with Crippen LogP contribution < -0.4 is 10.2 Å². The summed E-state index contributed by atoms with van der Waals surface area (Å²) in [6.07, 6.45) is 1.26. The molecule has 3 rings (SSSR count). The van der Waals surface area contributed by atoms with Gasteiger partial charge < -0.3 is 0 Å². The first-order valence-electron chi connectivity index (χ1n) is 6.78. The molecule has 0 aliphatic carbocycles. The van der Waals surface area contributed by atoms with Gasteiger partial charge in [-0.2, -0.15) is 0 Å². The van der Waals surface area contributed by atoms with Gasteiger partial charge in [0.15, 0.2) is 5.11 Å². The Bertz CT molecular complexity index is 937. The van der Waals surface area contributed by atoms with Crippen molar-refractivity contribution in [3.8, 4) is 0 Å². The maximum absolute atomic E-state index is 13.1. The highest BCUT2D eigenvalue weighted by atomic mass is 32.1. The van der Waals surface area contributed by atoms with Crippen molar-refractivity contribution >= 4 is 57.2 Å². The number of rotatable bonds is 3. The molecule has 0 atom stereocenters. The second-order valence-electron chi connectivity index (χ2n) is 4.87. The molecule has 1 aromatic heterocycles. The van der Waals surface area contributed by atoms with Crippen molar-refractivity contribution in [1.82, 2.24) is 5.32 Å². The van der Waals surface area contributed by atoms with Crippen LogP contribution in [0.4, 0.5) is 15.1 Å². The number of nitrogens with zero attached hydrogens (tertiary/aromatic N) is 2. The number of carbonyl (C=O) groups excluding carboxylic acids is 2. The molecule has 0 unspecified atom stereocenters. The van der Waals surface area contributed by atoms with Gasteiger partial charge in [-0.1, -0.05) is 11.3 Å². The van der Waals surface area contributed by atoms with E-state index >= 15 is 0 Å². The van der Waals surface area contributed by atoms with Crippen LogP contribution in [0.5, 0.6) is 0 Å². The molecular formula is C15H8FN3O4S2. The summed E-state index contributed by atoms with van der Waals surface area (Å²) < 4.78 is 13.1. The van der Waals surface area contributed by atoms with Crippen molar-refractivity contribution in [3.63, 3.8) is 0 Å². The van der Waals surface area contributed by atoms with Gasteiger partial charge in [0.25, 0.3) is 11.8 Å². The molecule has 25 heavy (non-hydrogen) atoms. The summed E-state index contributed by atoms with van der Waals surface area (Å²) in [5, 5.41) is 12.9. The Morgan fingerprint density at radius 3 is 2.48 bits per heavy atom. The van der Waals surface area contributed by atoms with E-state index in [1.807, 2.05) is 0 Å². The quantitative estimate of drug-likeness (QED) is 0.292. The van der Waals surface area contributed by atoms with E-state index < -0.39 is 22.6 Å². The number of hydrogen-bond acceptors (Lipinski definition) is 6. The minimum absolute atomic E-state index is 0.110. The minimum Gasteiger partial charge on any atom is -0.298 e. The number of thiocarbonyl (C=S) groups is 1. The molecule has 0 bridgehead atoms. The van der Waals surface area contributed by atoms with Gasteiger partial charge in [0.05, 0.1) is 10.6 Å². The van der Waals surface area contributed by atoms with Crippen molar-refractivity contribution in [3.05, 3.63) is 62.8 Å². The molecule has 0 radical (unpaired) electrons. The Morgan fingerprint density at radius 2 is 1.88 bits per heavy atom. The molecule has 1 saturated heterocycles. The average Bonchev–Trinajstić information content (AvgIpc) is 3.02. The smallest absolute Gasteiger partial charge is 0.298 e. The molecule has 1 aliphatic heterocycles. The van der Waals surface area contributed by atoms with E-state index in [9.17, 15) is 24.1 Å². The van der Waals surface area contributed by atoms with E-state index in [1.165, 1.54) is 30.3 Å². The fraction of sp³-hybridized carbons (Fsp3) is 0. The molecule has 1 fully saturated rings. The highest BCUT2D eigenvalue weighted by Gasteiger charge is 2.34. The lowest BCUT2D eigenvalue weighted by atomic mass is 10.1. The average molecular weight is 377 g/mol. The van der Waals surface area contributed by atoms with Crippen molar-refractivity contribution < 1.29 is 18.9 Å². The fourth-order valence-electron chi connectivity index (χ4n) is 2.14. The topological polar surface area (TPSA) is 92.6 Å². The number of anilines is 1. The van der Waals surface area contributed by atoms with E-state index in [-0.39, 0.29) is 15.7 Å². The minimum atomic E-state index is -0.704. The molecule has 0 saturated carbocycles. The zero-order chi connectivity index (χ0) is 18.1. The SMILES string of the molecule is O=C1NC(=S)N(c2ccc(F)cc2)C(=O)/C1=C/c1ccc([N+](=O)[O-])s1. The number of amides is 2. The lowest BCUT2D eigenvalue weighted by molar-refractivity contribution is -0.380. The number of nitrogens with one attached hydrogen (secondary N) is 1. The zero-order valence-corrected chi connectivity index (χ0v) is 13.9. The van der Waals surface area contributed by atoms with E-state index in [1.54, 1.807) is 0 Å². The van der Waals surface area contributed by atoms with Crippen LogP contribution in [0.15, 0.2) is 42.0 Å². The normalized spacial score (nSPS) is 16.3. The third kappa shape index (κ3) is 3.30. The van der Waals surface area contributed by atoms with Gasteiger partial charge in [0, 0.05) is 10.9 Å². The first-order chi connectivity index (χ1) is 11.9. The highest BCUT2D eigenvalue weighted by Crippen LogP contribution is 2.28. The Kier molecular flexibility index (Phi) is 4.38. The Hall–Kier alpha value is -2.98. The van der Waals surface area contributed by atoms with Gasteiger partial charge in [0.1, 0.15) is 11.4 Å². The van der Waals surface area contributed by atoms with Crippen LogP contribution in [0.25, 0.3) is 6.08 Å². The van der Waals surface area contributed by atoms with Gasteiger partial charge >= 0.3 is 5.00 Å². The maximum atomic E-state index is 13.1. The van der Waals surface area contributed by atoms with E-state index in [0.717, 1.165) is 28.4 Å². The molecule has 2 aromatic rings. The summed E-state index contributed by atoms with van der Waals surface area (Å²) in [6.45, 7) is 0. The first kappa shape index (κ1) is 16.9. The predicted molar refractivity (Wildman–Crippen MR) is 93.6 cm³/mol. The number of benzene rings is 1. The van der Waals surface area contributed by atoms with Crippen LogP contribution in [-0.2, 0) is 9.59 Å². The van der Waals surface area contributed by atoms with Gasteiger partial charge in [-0.3, -0.25) is 29.9 Å². The van der Waals surface area contributed by atoms with E-state index in [0.29, 0.717) is 10.6 Å². The lowest BCUT2D eigenvalue weighted by Crippen LogP contribution is -2.54. The maximum Gasteiger partial charge on any atom is 0.324 e. The van der Waals surface area contributed by atoms with Crippen LogP contribution in [0.1, 0.15) is 4.88 Å². The summed E-state index contributed by atoms with van der Waals surface area (Å²) in [4.78, 5) is 36.4. The molecule has 2 amide bonds. The van der Waals surface area contributed by atoms with Gasteiger partial charge in [-0.25, -0.2) is 4.39 Å². The van der Waals surface area contributed by atoms with Crippen molar-refractivity contribution in [2.75, 3.05) is 4.90 Å². The second kappa shape index (κ2) is 6.49.